The summed E-state index contributed by atoms with van der Waals surface area (Å²) in [5.74, 6) is 1.78. The highest BCUT2D eigenvalue weighted by atomic mass is 79.9. The molecule has 2 nitrogen and oxygen atoms in total. The molecule has 2 rings (SSSR count). The average molecular weight is 341 g/mol. The maximum absolute atomic E-state index is 5.75. The normalized spacial score (nSPS) is 15.7. The lowest BCUT2D eigenvalue weighted by atomic mass is 10.0. The third-order valence-electron chi connectivity index (χ3n) is 3.69. The number of ether oxygens (including phenoxy) is 2. The molecule has 1 atom stereocenters. The Kier molecular flexibility index (Phi) is 6.71. The van der Waals surface area contributed by atoms with Crippen LogP contribution in [0.5, 0.6) is 11.5 Å². The predicted octanol–water partition coefficient (Wildman–Crippen LogP) is 5.64. The highest BCUT2D eigenvalue weighted by Crippen LogP contribution is 2.36. The number of halogens is 1. The summed E-state index contributed by atoms with van der Waals surface area (Å²) in [6.45, 7) is 3.76. The van der Waals surface area contributed by atoms with Gasteiger partial charge in [-0.2, -0.15) is 0 Å². The van der Waals surface area contributed by atoms with Crippen molar-refractivity contribution in [2.75, 3.05) is 13.2 Å². The van der Waals surface area contributed by atoms with Gasteiger partial charge in [0.1, 0.15) is 0 Å². The maximum Gasteiger partial charge on any atom is 0.161 e. The molecule has 112 valence electrons. The van der Waals surface area contributed by atoms with Crippen molar-refractivity contribution in [1.82, 2.24) is 0 Å². The summed E-state index contributed by atoms with van der Waals surface area (Å²) in [5.41, 5.74) is 1.30. The van der Waals surface area contributed by atoms with E-state index in [1.807, 2.05) is 6.07 Å². The van der Waals surface area contributed by atoms with E-state index in [9.17, 15) is 0 Å². The average Bonchev–Trinajstić information content (AvgIpc) is 2.71. The van der Waals surface area contributed by atoms with Crippen LogP contribution in [0.3, 0.4) is 0 Å². The maximum atomic E-state index is 5.75. The van der Waals surface area contributed by atoms with Crippen molar-refractivity contribution in [3.8, 4) is 11.5 Å². The minimum atomic E-state index is 0.418. The Hall–Kier alpha value is -0.700. The summed E-state index contributed by atoms with van der Waals surface area (Å²) in [6.07, 6.45) is 8.78. The van der Waals surface area contributed by atoms with Crippen molar-refractivity contribution in [3.05, 3.63) is 23.8 Å². The van der Waals surface area contributed by atoms with E-state index in [0.29, 0.717) is 4.83 Å². The molecule has 1 unspecified atom stereocenters. The van der Waals surface area contributed by atoms with E-state index in [1.165, 1.54) is 44.1 Å². The molecule has 0 radical (unpaired) electrons. The zero-order valence-corrected chi connectivity index (χ0v) is 14.0. The van der Waals surface area contributed by atoms with Gasteiger partial charge in [0, 0.05) is 11.2 Å². The Labute approximate surface area is 131 Å². The topological polar surface area (TPSA) is 18.5 Å². The van der Waals surface area contributed by atoms with E-state index >= 15 is 0 Å². The van der Waals surface area contributed by atoms with Gasteiger partial charge in [-0.25, -0.2) is 0 Å². The van der Waals surface area contributed by atoms with Crippen LogP contribution in [-0.2, 0) is 0 Å². The standard InChI is InChI=1S/C17H25BrO2/c1-2-3-4-5-6-8-15(18)14-9-10-16-17(13-14)20-12-7-11-19-16/h9-10,13,15H,2-8,11-12H2,1H3. The molecule has 0 fully saturated rings. The van der Waals surface area contributed by atoms with Gasteiger partial charge in [0.15, 0.2) is 11.5 Å². The van der Waals surface area contributed by atoms with E-state index in [0.717, 1.165) is 31.1 Å². The first-order valence-electron chi connectivity index (χ1n) is 7.85. The number of unbranched alkanes of at least 4 members (excludes halogenated alkanes) is 4. The third-order valence-corrected chi connectivity index (χ3v) is 4.68. The fraction of sp³-hybridized carbons (Fsp3) is 0.647. The van der Waals surface area contributed by atoms with Gasteiger partial charge in [0.2, 0.25) is 0 Å². The minimum Gasteiger partial charge on any atom is -0.490 e. The smallest absolute Gasteiger partial charge is 0.161 e. The number of hydrogen-bond donors (Lipinski definition) is 0. The van der Waals surface area contributed by atoms with E-state index < -0.39 is 0 Å². The van der Waals surface area contributed by atoms with Crippen LogP contribution in [0.25, 0.3) is 0 Å². The fourth-order valence-corrected chi connectivity index (χ4v) is 3.08. The molecule has 0 saturated heterocycles. The zero-order chi connectivity index (χ0) is 14.2. The molecule has 0 bridgehead atoms. The highest BCUT2D eigenvalue weighted by Gasteiger charge is 2.14. The van der Waals surface area contributed by atoms with Crippen LogP contribution in [0.4, 0.5) is 0 Å². The molecular formula is C17H25BrO2. The summed E-state index contributed by atoms with van der Waals surface area (Å²) < 4.78 is 11.4. The molecule has 0 aromatic heterocycles. The monoisotopic (exact) mass is 340 g/mol. The van der Waals surface area contributed by atoms with Crippen molar-refractivity contribution in [2.45, 2.75) is 56.7 Å². The number of alkyl halides is 1. The van der Waals surface area contributed by atoms with Crippen molar-refractivity contribution in [3.63, 3.8) is 0 Å². The van der Waals surface area contributed by atoms with Crippen molar-refractivity contribution >= 4 is 15.9 Å². The van der Waals surface area contributed by atoms with Crippen molar-refractivity contribution in [1.29, 1.82) is 0 Å². The van der Waals surface area contributed by atoms with Gasteiger partial charge in [-0.1, -0.05) is 61.0 Å². The summed E-state index contributed by atoms with van der Waals surface area (Å²) in [4.78, 5) is 0.418. The fourth-order valence-electron chi connectivity index (χ4n) is 2.47. The lowest BCUT2D eigenvalue weighted by Gasteiger charge is -2.13. The third kappa shape index (κ3) is 4.69. The molecule has 0 N–H and O–H groups in total. The second-order valence-electron chi connectivity index (χ2n) is 5.43. The Bertz CT molecular complexity index is 406. The van der Waals surface area contributed by atoms with Gasteiger partial charge in [0.25, 0.3) is 0 Å². The first kappa shape index (κ1) is 15.7. The van der Waals surface area contributed by atoms with Gasteiger partial charge in [0.05, 0.1) is 13.2 Å². The molecule has 1 aliphatic heterocycles. The van der Waals surface area contributed by atoms with Crippen LogP contribution in [0, 0.1) is 0 Å². The highest BCUT2D eigenvalue weighted by molar-refractivity contribution is 9.09. The Morgan fingerprint density at radius 2 is 1.80 bits per heavy atom. The van der Waals surface area contributed by atoms with Gasteiger partial charge in [-0.15, -0.1) is 0 Å². The molecule has 1 heterocycles. The Morgan fingerprint density at radius 3 is 2.60 bits per heavy atom. The van der Waals surface area contributed by atoms with E-state index in [2.05, 4.69) is 35.0 Å². The molecular weight excluding hydrogens is 316 g/mol. The van der Waals surface area contributed by atoms with Crippen molar-refractivity contribution in [2.24, 2.45) is 0 Å². The molecule has 1 aromatic carbocycles. The summed E-state index contributed by atoms with van der Waals surface area (Å²) >= 11 is 3.81. The van der Waals surface area contributed by atoms with Crippen LogP contribution < -0.4 is 9.47 Å². The van der Waals surface area contributed by atoms with E-state index in [1.54, 1.807) is 0 Å². The Balaban J connectivity index is 1.86. The lowest BCUT2D eigenvalue weighted by molar-refractivity contribution is 0.297. The van der Waals surface area contributed by atoms with Gasteiger partial charge < -0.3 is 9.47 Å². The number of rotatable bonds is 7. The second kappa shape index (κ2) is 8.56. The molecule has 20 heavy (non-hydrogen) atoms. The summed E-state index contributed by atoms with van der Waals surface area (Å²) in [5, 5.41) is 0. The van der Waals surface area contributed by atoms with Crippen LogP contribution >= 0.6 is 15.9 Å². The van der Waals surface area contributed by atoms with Crippen molar-refractivity contribution < 1.29 is 9.47 Å². The molecule has 0 spiro atoms. The van der Waals surface area contributed by atoms with Crippen LogP contribution in [0.2, 0.25) is 0 Å². The SMILES string of the molecule is CCCCCCCC(Br)c1ccc2c(c1)OCCCO2. The number of hydrogen-bond acceptors (Lipinski definition) is 2. The molecule has 1 aromatic rings. The number of benzene rings is 1. The van der Waals surface area contributed by atoms with Crippen LogP contribution in [0.1, 0.15) is 62.3 Å². The van der Waals surface area contributed by atoms with Crippen LogP contribution in [0.15, 0.2) is 18.2 Å². The quantitative estimate of drug-likeness (QED) is 0.472. The minimum absolute atomic E-state index is 0.418. The molecule has 0 aliphatic carbocycles. The predicted molar refractivity (Wildman–Crippen MR) is 87.1 cm³/mol. The lowest BCUT2D eigenvalue weighted by Crippen LogP contribution is -1.97. The summed E-state index contributed by atoms with van der Waals surface area (Å²) in [6, 6.07) is 6.33. The number of fused-ring (bicyclic) bond motifs is 1. The molecule has 3 heteroatoms. The Morgan fingerprint density at radius 1 is 1.05 bits per heavy atom. The van der Waals surface area contributed by atoms with Gasteiger partial charge in [-0.3, -0.25) is 0 Å². The van der Waals surface area contributed by atoms with Gasteiger partial charge in [-0.05, 0) is 24.1 Å². The zero-order valence-electron chi connectivity index (χ0n) is 12.4. The second-order valence-corrected chi connectivity index (χ2v) is 6.53. The summed E-state index contributed by atoms with van der Waals surface area (Å²) in [7, 11) is 0. The largest absolute Gasteiger partial charge is 0.490 e. The van der Waals surface area contributed by atoms with E-state index in [4.69, 9.17) is 9.47 Å². The molecule has 1 aliphatic rings. The van der Waals surface area contributed by atoms with Crippen LogP contribution in [-0.4, -0.2) is 13.2 Å². The van der Waals surface area contributed by atoms with Gasteiger partial charge >= 0.3 is 0 Å². The molecule has 0 saturated carbocycles. The molecule has 0 amide bonds. The first-order valence-corrected chi connectivity index (χ1v) is 8.76. The first-order chi connectivity index (χ1) is 9.81. The van der Waals surface area contributed by atoms with E-state index in [-0.39, 0.29) is 0 Å².